The molecule has 0 aliphatic carbocycles. The van der Waals surface area contributed by atoms with Crippen molar-refractivity contribution < 1.29 is 9.59 Å². The van der Waals surface area contributed by atoms with E-state index >= 15 is 0 Å². The highest BCUT2D eigenvalue weighted by Gasteiger charge is 2.32. The Morgan fingerprint density at radius 1 is 1.48 bits per heavy atom. The largest absolute Gasteiger partial charge is 0.340 e. The third-order valence-electron chi connectivity index (χ3n) is 4.29. The number of carbonyl (C=O) groups is 2. The van der Waals surface area contributed by atoms with Gasteiger partial charge >= 0.3 is 0 Å². The van der Waals surface area contributed by atoms with Gasteiger partial charge in [-0.25, -0.2) is 0 Å². The van der Waals surface area contributed by atoms with Gasteiger partial charge in [0.05, 0.1) is 18.3 Å². The second kappa shape index (κ2) is 5.50. The molecular formula is C15H22N4O2. The van der Waals surface area contributed by atoms with Gasteiger partial charge in [0.2, 0.25) is 11.8 Å². The zero-order valence-corrected chi connectivity index (χ0v) is 12.7. The molecule has 3 rings (SSSR count). The van der Waals surface area contributed by atoms with Gasteiger partial charge in [0, 0.05) is 38.2 Å². The van der Waals surface area contributed by atoms with Gasteiger partial charge in [0.15, 0.2) is 0 Å². The van der Waals surface area contributed by atoms with Crippen molar-refractivity contribution in [1.82, 2.24) is 19.6 Å². The Morgan fingerprint density at radius 2 is 2.29 bits per heavy atom. The molecular weight excluding hydrogens is 268 g/mol. The van der Waals surface area contributed by atoms with Crippen molar-refractivity contribution >= 4 is 11.8 Å². The zero-order chi connectivity index (χ0) is 15.0. The Morgan fingerprint density at radius 3 is 2.95 bits per heavy atom. The SMILES string of the molecule is CC(C)C(=O)N1Cc2ccnn2[C@@H](CN2CCCC2=O)C1. The van der Waals surface area contributed by atoms with Gasteiger partial charge in [0.1, 0.15) is 0 Å². The van der Waals surface area contributed by atoms with Crippen LogP contribution in [0.1, 0.15) is 38.4 Å². The van der Waals surface area contributed by atoms with E-state index in [0.717, 1.165) is 18.7 Å². The van der Waals surface area contributed by atoms with Gasteiger partial charge in [0.25, 0.3) is 0 Å². The number of hydrogen-bond acceptors (Lipinski definition) is 3. The lowest BCUT2D eigenvalue weighted by atomic mass is 10.1. The molecule has 0 saturated carbocycles. The lowest BCUT2D eigenvalue weighted by Crippen LogP contribution is -2.46. The smallest absolute Gasteiger partial charge is 0.225 e. The highest BCUT2D eigenvalue weighted by atomic mass is 16.2. The van der Waals surface area contributed by atoms with Crippen LogP contribution in [0.25, 0.3) is 0 Å². The van der Waals surface area contributed by atoms with Crippen molar-refractivity contribution in [3.8, 4) is 0 Å². The van der Waals surface area contributed by atoms with Crippen LogP contribution in [0.4, 0.5) is 0 Å². The molecule has 0 unspecified atom stereocenters. The van der Waals surface area contributed by atoms with Gasteiger partial charge in [-0.3, -0.25) is 14.3 Å². The fourth-order valence-electron chi connectivity index (χ4n) is 3.21. The summed E-state index contributed by atoms with van der Waals surface area (Å²) in [5.41, 5.74) is 1.05. The molecule has 2 aliphatic rings. The Bertz CT molecular complexity index is 552. The van der Waals surface area contributed by atoms with E-state index in [1.165, 1.54) is 0 Å². The number of amides is 2. The standard InChI is InChI=1S/C15H22N4O2/c1-11(2)15(21)18-8-12-5-6-16-19(12)13(10-18)9-17-7-3-4-14(17)20/h5-6,11,13H,3-4,7-10H2,1-2H3/t13-/m0/s1. The number of fused-ring (bicyclic) bond motifs is 1. The number of rotatable bonds is 3. The minimum Gasteiger partial charge on any atom is -0.340 e. The number of hydrogen-bond donors (Lipinski definition) is 0. The molecule has 21 heavy (non-hydrogen) atoms. The summed E-state index contributed by atoms with van der Waals surface area (Å²) in [6.45, 7) is 6.57. The van der Waals surface area contributed by atoms with Crippen LogP contribution >= 0.6 is 0 Å². The molecule has 2 aliphatic heterocycles. The van der Waals surface area contributed by atoms with Crippen LogP contribution in [-0.2, 0) is 16.1 Å². The third kappa shape index (κ3) is 2.66. The molecule has 0 N–H and O–H groups in total. The molecule has 0 bridgehead atoms. The molecule has 6 nitrogen and oxygen atoms in total. The summed E-state index contributed by atoms with van der Waals surface area (Å²) in [6.07, 6.45) is 3.36. The van der Waals surface area contributed by atoms with Gasteiger partial charge in [-0.2, -0.15) is 5.10 Å². The lowest BCUT2D eigenvalue weighted by Gasteiger charge is -2.36. The highest BCUT2D eigenvalue weighted by Crippen LogP contribution is 2.24. The molecule has 0 radical (unpaired) electrons. The van der Waals surface area contributed by atoms with E-state index in [-0.39, 0.29) is 23.8 Å². The second-order valence-electron chi connectivity index (χ2n) is 6.24. The summed E-state index contributed by atoms with van der Waals surface area (Å²) in [4.78, 5) is 27.9. The number of aromatic nitrogens is 2. The predicted molar refractivity (Wildman–Crippen MR) is 77.3 cm³/mol. The number of nitrogens with zero attached hydrogens (tertiary/aromatic N) is 4. The third-order valence-corrected chi connectivity index (χ3v) is 4.29. The van der Waals surface area contributed by atoms with Crippen molar-refractivity contribution in [2.24, 2.45) is 5.92 Å². The van der Waals surface area contributed by atoms with Crippen LogP contribution in [0.3, 0.4) is 0 Å². The Labute approximate surface area is 124 Å². The van der Waals surface area contributed by atoms with Crippen LogP contribution in [0, 0.1) is 5.92 Å². The first-order valence-electron chi connectivity index (χ1n) is 7.65. The van der Waals surface area contributed by atoms with Gasteiger partial charge in [-0.05, 0) is 12.5 Å². The molecule has 1 atom stereocenters. The molecule has 0 spiro atoms. The van der Waals surface area contributed by atoms with E-state index in [0.29, 0.717) is 26.1 Å². The Kier molecular flexibility index (Phi) is 3.69. The molecule has 0 aromatic carbocycles. The summed E-state index contributed by atoms with van der Waals surface area (Å²) in [5.74, 6) is 0.379. The minimum absolute atomic E-state index is 0.00598. The normalized spacial score (nSPS) is 22.0. The Hall–Kier alpha value is -1.85. The maximum Gasteiger partial charge on any atom is 0.225 e. The molecule has 1 aromatic rings. The maximum atomic E-state index is 12.3. The molecule has 1 saturated heterocycles. The predicted octanol–water partition coefficient (Wildman–Crippen LogP) is 1.04. The second-order valence-corrected chi connectivity index (χ2v) is 6.24. The van der Waals surface area contributed by atoms with Crippen molar-refractivity contribution in [2.45, 2.75) is 39.3 Å². The van der Waals surface area contributed by atoms with Crippen molar-refractivity contribution in [1.29, 1.82) is 0 Å². The van der Waals surface area contributed by atoms with E-state index in [1.54, 1.807) is 6.20 Å². The molecule has 3 heterocycles. The summed E-state index contributed by atoms with van der Waals surface area (Å²) in [5, 5.41) is 4.38. The first-order valence-corrected chi connectivity index (χ1v) is 7.65. The quantitative estimate of drug-likeness (QED) is 0.836. The monoisotopic (exact) mass is 290 g/mol. The fraction of sp³-hybridized carbons (Fsp3) is 0.667. The topological polar surface area (TPSA) is 58.4 Å². The summed E-state index contributed by atoms with van der Waals surface area (Å²) < 4.78 is 1.98. The average molecular weight is 290 g/mol. The van der Waals surface area contributed by atoms with Crippen LogP contribution in [0.15, 0.2) is 12.3 Å². The van der Waals surface area contributed by atoms with E-state index < -0.39 is 0 Å². The van der Waals surface area contributed by atoms with E-state index in [2.05, 4.69) is 5.10 Å². The van der Waals surface area contributed by atoms with Crippen LogP contribution < -0.4 is 0 Å². The number of carbonyl (C=O) groups excluding carboxylic acids is 2. The van der Waals surface area contributed by atoms with Crippen molar-refractivity contribution in [3.63, 3.8) is 0 Å². The molecule has 1 fully saturated rings. The van der Waals surface area contributed by atoms with Gasteiger partial charge in [-0.1, -0.05) is 13.8 Å². The fourth-order valence-corrected chi connectivity index (χ4v) is 3.21. The van der Waals surface area contributed by atoms with Crippen LogP contribution in [0.2, 0.25) is 0 Å². The molecule has 2 amide bonds. The first-order chi connectivity index (χ1) is 10.1. The van der Waals surface area contributed by atoms with E-state index in [1.807, 2.05) is 34.4 Å². The maximum absolute atomic E-state index is 12.3. The minimum atomic E-state index is -0.00598. The van der Waals surface area contributed by atoms with E-state index in [9.17, 15) is 9.59 Å². The average Bonchev–Trinajstić information content (AvgIpc) is 3.07. The molecule has 6 heteroatoms. The zero-order valence-electron chi connectivity index (χ0n) is 12.7. The van der Waals surface area contributed by atoms with Crippen LogP contribution in [0.5, 0.6) is 0 Å². The first kappa shape index (κ1) is 14.1. The summed E-state index contributed by atoms with van der Waals surface area (Å²) >= 11 is 0. The summed E-state index contributed by atoms with van der Waals surface area (Å²) in [7, 11) is 0. The molecule has 1 aromatic heterocycles. The number of likely N-dealkylation sites (tertiary alicyclic amines) is 1. The summed E-state index contributed by atoms with van der Waals surface area (Å²) in [6, 6.07) is 2.02. The molecule has 114 valence electrons. The van der Waals surface area contributed by atoms with Gasteiger partial charge < -0.3 is 9.80 Å². The Balaban J connectivity index is 1.79. The lowest BCUT2D eigenvalue weighted by molar-refractivity contribution is -0.136. The van der Waals surface area contributed by atoms with E-state index in [4.69, 9.17) is 0 Å². The highest BCUT2D eigenvalue weighted by molar-refractivity contribution is 5.79. The van der Waals surface area contributed by atoms with Crippen molar-refractivity contribution in [2.75, 3.05) is 19.6 Å². The van der Waals surface area contributed by atoms with Gasteiger partial charge in [-0.15, -0.1) is 0 Å². The van der Waals surface area contributed by atoms with Crippen molar-refractivity contribution in [3.05, 3.63) is 18.0 Å². The van der Waals surface area contributed by atoms with Crippen LogP contribution in [-0.4, -0.2) is 51.0 Å².